The van der Waals surface area contributed by atoms with Crippen molar-refractivity contribution in [3.8, 4) is 0 Å². The van der Waals surface area contributed by atoms with Crippen LogP contribution in [0.4, 0.5) is 10.5 Å². The van der Waals surface area contributed by atoms with Crippen molar-refractivity contribution in [2.45, 2.75) is 58.4 Å². The molecule has 0 saturated carbocycles. The van der Waals surface area contributed by atoms with Crippen LogP contribution in [0.1, 0.15) is 55.2 Å². The van der Waals surface area contributed by atoms with Gasteiger partial charge in [0.25, 0.3) is 5.91 Å². The lowest BCUT2D eigenvalue weighted by Gasteiger charge is -2.24. The average Bonchev–Trinajstić information content (AvgIpc) is 3.19. The van der Waals surface area contributed by atoms with E-state index in [4.69, 9.17) is 4.74 Å². The molecule has 0 spiro atoms. The van der Waals surface area contributed by atoms with Crippen LogP contribution < -0.4 is 10.6 Å². The van der Waals surface area contributed by atoms with Gasteiger partial charge in [-0.1, -0.05) is 52.3 Å². The predicted molar refractivity (Wildman–Crippen MR) is 150 cm³/mol. The van der Waals surface area contributed by atoms with E-state index >= 15 is 0 Å². The summed E-state index contributed by atoms with van der Waals surface area (Å²) in [6.45, 7) is 9.80. The van der Waals surface area contributed by atoms with Crippen LogP contribution in [-0.2, 0) is 4.74 Å². The number of aliphatic hydroxyl groups is 1. The van der Waals surface area contributed by atoms with Crippen molar-refractivity contribution in [1.82, 2.24) is 10.2 Å². The van der Waals surface area contributed by atoms with Crippen LogP contribution in [-0.4, -0.2) is 52.8 Å². The second-order valence-corrected chi connectivity index (χ2v) is 11.5. The van der Waals surface area contributed by atoms with Gasteiger partial charge in [0.05, 0.1) is 24.7 Å². The maximum atomic E-state index is 13.3. The van der Waals surface area contributed by atoms with Gasteiger partial charge in [-0.3, -0.25) is 4.79 Å². The molecular weight excluding hydrogens is 534 g/mol. The molecule has 3 N–H and O–H groups in total. The minimum Gasteiger partial charge on any atom is -0.444 e. The molecule has 0 aliphatic carbocycles. The Morgan fingerprint density at radius 3 is 2.49 bits per heavy atom. The minimum absolute atomic E-state index is 0.178. The average molecular weight is 569 g/mol. The summed E-state index contributed by atoms with van der Waals surface area (Å²) in [5.74, 6) is -0.178. The monoisotopic (exact) mass is 567 g/mol. The number of aliphatic hydroxyl groups excluding tert-OH is 1. The largest absolute Gasteiger partial charge is 0.444 e. The van der Waals surface area contributed by atoms with Crippen LogP contribution in [0, 0.1) is 6.92 Å². The number of benzene rings is 3. The Bertz CT molecular complexity index is 1320. The number of nitrogens with zero attached hydrogens (tertiary/aromatic N) is 1. The fraction of sp³-hybridized carbons (Fsp3) is 0.379. The van der Waals surface area contributed by atoms with Gasteiger partial charge in [-0.25, -0.2) is 4.79 Å². The van der Waals surface area contributed by atoms with Crippen LogP contribution in [0.3, 0.4) is 0 Å². The Morgan fingerprint density at radius 1 is 1.08 bits per heavy atom. The van der Waals surface area contributed by atoms with Gasteiger partial charge in [0.1, 0.15) is 5.60 Å². The maximum Gasteiger partial charge on any atom is 0.410 e. The number of fused-ring (bicyclic) bond motifs is 1. The zero-order chi connectivity index (χ0) is 26.9. The number of likely N-dealkylation sites (tertiary alicyclic amines) is 1. The molecule has 7 nitrogen and oxygen atoms in total. The standard InChI is InChI=1S/C29H34BrN3O4/c1-17-10-11-19(32-25-15-33(16-26(25)34)28(36)37-29(3,4)5)14-23(17)27(35)31-18(2)20-12-13-24(30)22-9-7-6-8-21(20)22/h6-14,18,25-26,32,34H,15-16H2,1-5H3,(H,31,35)/t18-,25+,26-/m1/s1. The van der Waals surface area contributed by atoms with Gasteiger partial charge in [0, 0.05) is 22.3 Å². The molecule has 1 saturated heterocycles. The van der Waals surface area contributed by atoms with E-state index in [9.17, 15) is 14.7 Å². The first-order valence-electron chi connectivity index (χ1n) is 12.4. The van der Waals surface area contributed by atoms with E-state index in [2.05, 4.69) is 38.7 Å². The molecule has 0 radical (unpaired) electrons. The number of amides is 2. The molecule has 1 fully saturated rings. The van der Waals surface area contributed by atoms with Crippen molar-refractivity contribution in [2.75, 3.05) is 18.4 Å². The molecule has 0 unspecified atom stereocenters. The molecule has 3 aromatic rings. The third kappa shape index (κ3) is 6.25. The molecular formula is C29H34BrN3O4. The molecule has 3 atom stereocenters. The second-order valence-electron chi connectivity index (χ2n) is 10.6. The van der Waals surface area contributed by atoms with Crippen molar-refractivity contribution in [2.24, 2.45) is 0 Å². The first kappa shape index (κ1) is 26.9. The molecule has 3 aromatic carbocycles. The van der Waals surface area contributed by atoms with Gasteiger partial charge in [-0.15, -0.1) is 0 Å². The molecule has 0 bridgehead atoms. The van der Waals surface area contributed by atoms with Crippen LogP contribution in [0.25, 0.3) is 10.8 Å². The fourth-order valence-electron chi connectivity index (χ4n) is 4.59. The normalized spacial score (nSPS) is 18.5. The van der Waals surface area contributed by atoms with E-state index in [1.54, 1.807) is 6.07 Å². The van der Waals surface area contributed by atoms with Crippen molar-refractivity contribution < 1.29 is 19.4 Å². The summed E-state index contributed by atoms with van der Waals surface area (Å²) in [5, 5.41) is 19.2. The maximum absolute atomic E-state index is 13.3. The lowest BCUT2D eigenvalue weighted by atomic mass is 9.99. The summed E-state index contributed by atoms with van der Waals surface area (Å²) < 4.78 is 6.45. The van der Waals surface area contributed by atoms with Crippen molar-refractivity contribution >= 4 is 44.4 Å². The van der Waals surface area contributed by atoms with E-state index < -0.39 is 17.8 Å². The Balaban J connectivity index is 1.47. The lowest BCUT2D eigenvalue weighted by molar-refractivity contribution is 0.0270. The highest BCUT2D eigenvalue weighted by Gasteiger charge is 2.36. The first-order valence-corrected chi connectivity index (χ1v) is 13.2. The van der Waals surface area contributed by atoms with Crippen molar-refractivity contribution in [3.63, 3.8) is 0 Å². The third-order valence-electron chi connectivity index (χ3n) is 6.49. The number of hydrogen-bond donors (Lipinski definition) is 3. The van der Waals surface area contributed by atoms with E-state index in [1.165, 1.54) is 4.90 Å². The number of β-amino-alcohol motifs (C(OH)–C–C–N with tert-alkyl or cyclic N) is 1. The number of ether oxygens (including phenoxy) is 1. The molecule has 196 valence electrons. The van der Waals surface area contributed by atoms with Crippen molar-refractivity contribution in [3.05, 3.63) is 75.8 Å². The number of hydrogen-bond acceptors (Lipinski definition) is 5. The van der Waals surface area contributed by atoms with Crippen LogP contribution in [0.15, 0.2) is 59.1 Å². The van der Waals surface area contributed by atoms with Gasteiger partial charge in [-0.2, -0.15) is 0 Å². The predicted octanol–water partition coefficient (Wildman–Crippen LogP) is 5.79. The summed E-state index contributed by atoms with van der Waals surface area (Å²) in [7, 11) is 0. The Kier molecular flexibility index (Phi) is 7.80. The molecule has 2 amide bonds. The molecule has 8 heteroatoms. The van der Waals surface area contributed by atoms with Crippen LogP contribution in [0.5, 0.6) is 0 Å². The highest BCUT2D eigenvalue weighted by Crippen LogP contribution is 2.30. The Hall–Kier alpha value is -3.10. The smallest absolute Gasteiger partial charge is 0.410 e. The number of carbonyl (C=O) groups excluding carboxylic acids is 2. The molecule has 1 aliphatic heterocycles. The Morgan fingerprint density at radius 2 is 1.78 bits per heavy atom. The summed E-state index contributed by atoms with van der Waals surface area (Å²) >= 11 is 3.61. The van der Waals surface area contributed by atoms with Crippen LogP contribution in [0.2, 0.25) is 0 Å². The SMILES string of the molecule is Cc1ccc(N[C@H]2CN(C(=O)OC(C)(C)C)C[C@H]2O)cc1C(=O)N[C@H](C)c1ccc(Br)c2ccccc12. The fourth-order valence-corrected chi connectivity index (χ4v) is 5.07. The van der Waals surface area contributed by atoms with Gasteiger partial charge >= 0.3 is 6.09 Å². The molecule has 37 heavy (non-hydrogen) atoms. The number of anilines is 1. The van der Waals surface area contributed by atoms with E-state index in [-0.39, 0.29) is 24.5 Å². The number of nitrogens with one attached hydrogen (secondary N) is 2. The zero-order valence-electron chi connectivity index (χ0n) is 21.8. The molecule has 1 aliphatic rings. The number of aryl methyl sites for hydroxylation is 1. The molecule has 4 rings (SSSR count). The summed E-state index contributed by atoms with van der Waals surface area (Å²) in [6.07, 6.45) is -1.20. The highest BCUT2D eigenvalue weighted by atomic mass is 79.9. The van der Waals surface area contributed by atoms with Gasteiger partial charge < -0.3 is 25.4 Å². The second kappa shape index (κ2) is 10.7. The van der Waals surface area contributed by atoms with Gasteiger partial charge in [-0.05, 0) is 74.7 Å². The number of rotatable bonds is 5. The van der Waals surface area contributed by atoms with E-state index in [0.29, 0.717) is 17.8 Å². The van der Waals surface area contributed by atoms with Crippen molar-refractivity contribution in [1.29, 1.82) is 0 Å². The van der Waals surface area contributed by atoms with E-state index in [0.717, 1.165) is 26.4 Å². The quantitative estimate of drug-likeness (QED) is 0.362. The van der Waals surface area contributed by atoms with E-state index in [1.807, 2.05) is 71.0 Å². The lowest BCUT2D eigenvalue weighted by Crippen LogP contribution is -2.36. The summed E-state index contributed by atoms with van der Waals surface area (Å²) in [4.78, 5) is 27.2. The van der Waals surface area contributed by atoms with Gasteiger partial charge in [0.2, 0.25) is 0 Å². The summed E-state index contributed by atoms with van der Waals surface area (Å²) in [5.41, 5.74) is 2.53. The minimum atomic E-state index is -0.753. The van der Waals surface area contributed by atoms with Crippen LogP contribution >= 0.6 is 15.9 Å². The van der Waals surface area contributed by atoms with Gasteiger partial charge in [0.15, 0.2) is 0 Å². The summed E-state index contributed by atoms with van der Waals surface area (Å²) in [6, 6.07) is 17.1. The third-order valence-corrected chi connectivity index (χ3v) is 7.19. The topological polar surface area (TPSA) is 90.9 Å². The molecule has 1 heterocycles. The Labute approximate surface area is 226 Å². The highest BCUT2D eigenvalue weighted by molar-refractivity contribution is 9.10. The number of halogens is 1. The molecule has 0 aromatic heterocycles. The number of carbonyl (C=O) groups is 2. The first-order chi connectivity index (χ1) is 17.4. The zero-order valence-corrected chi connectivity index (χ0v) is 23.4.